The molecule has 0 radical (unpaired) electrons. The largest absolute Gasteiger partial charge is 0.497 e. The van der Waals surface area contributed by atoms with Crippen LogP contribution in [0.3, 0.4) is 0 Å². The van der Waals surface area contributed by atoms with Gasteiger partial charge in [0.05, 0.1) is 13.2 Å². The van der Waals surface area contributed by atoms with Crippen molar-refractivity contribution in [2.75, 3.05) is 20.2 Å². The second-order valence-corrected chi connectivity index (χ2v) is 6.22. The molecule has 122 valence electrons. The highest BCUT2D eigenvalue weighted by atomic mass is 16.5. The number of nitrogens with two attached hydrogens (primary N) is 1. The highest BCUT2D eigenvalue weighted by Crippen LogP contribution is 2.23. The summed E-state index contributed by atoms with van der Waals surface area (Å²) in [6.45, 7) is 3.75. The van der Waals surface area contributed by atoms with Gasteiger partial charge in [0.15, 0.2) is 0 Å². The molecule has 0 spiro atoms. The third-order valence-electron chi connectivity index (χ3n) is 4.53. The van der Waals surface area contributed by atoms with Crippen molar-refractivity contribution in [3.05, 3.63) is 29.8 Å². The molecule has 1 aliphatic heterocycles. The van der Waals surface area contributed by atoms with Gasteiger partial charge in [-0.3, -0.25) is 4.79 Å². The molecule has 1 amide bonds. The van der Waals surface area contributed by atoms with E-state index in [1.54, 1.807) is 7.11 Å². The first kappa shape index (κ1) is 16.8. The molecule has 2 N–H and O–H groups in total. The number of ether oxygens (including phenoxy) is 1. The summed E-state index contributed by atoms with van der Waals surface area (Å²) < 4.78 is 5.19. The second kappa shape index (κ2) is 8.18. The third-order valence-corrected chi connectivity index (χ3v) is 4.53. The normalized spacial score (nSPS) is 17.3. The van der Waals surface area contributed by atoms with Crippen molar-refractivity contribution in [2.45, 2.75) is 45.1 Å². The van der Waals surface area contributed by atoms with E-state index in [1.165, 1.54) is 5.56 Å². The number of benzene rings is 1. The molecule has 1 aromatic rings. The number of nitrogens with zero attached hydrogens (tertiary/aromatic N) is 1. The topological polar surface area (TPSA) is 55.6 Å². The zero-order valence-corrected chi connectivity index (χ0v) is 13.8. The van der Waals surface area contributed by atoms with Gasteiger partial charge >= 0.3 is 0 Å². The minimum absolute atomic E-state index is 0.129. The van der Waals surface area contributed by atoms with Crippen LogP contribution in [0.2, 0.25) is 0 Å². The molecular formula is C18H28N2O2. The van der Waals surface area contributed by atoms with E-state index < -0.39 is 0 Å². The van der Waals surface area contributed by atoms with Crippen LogP contribution in [0.5, 0.6) is 5.75 Å². The van der Waals surface area contributed by atoms with E-state index in [0.29, 0.717) is 5.92 Å². The molecule has 1 atom stereocenters. The Morgan fingerprint density at radius 2 is 1.95 bits per heavy atom. The SMILES string of the molecule is CCCC(N)C(=O)N1CCC(Cc2ccc(OC)cc2)CC1. The number of hydrogen-bond acceptors (Lipinski definition) is 3. The lowest BCUT2D eigenvalue weighted by Crippen LogP contribution is -2.47. The Morgan fingerprint density at radius 1 is 1.32 bits per heavy atom. The predicted octanol–water partition coefficient (Wildman–Crippen LogP) is 2.60. The van der Waals surface area contributed by atoms with E-state index in [9.17, 15) is 4.79 Å². The molecule has 1 fully saturated rings. The van der Waals surface area contributed by atoms with Crippen LogP contribution >= 0.6 is 0 Å². The van der Waals surface area contributed by atoms with Gasteiger partial charge in [0.1, 0.15) is 5.75 Å². The lowest BCUT2D eigenvalue weighted by Gasteiger charge is -2.33. The lowest BCUT2D eigenvalue weighted by molar-refractivity contribution is -0.134. The first-order valence-corrected chi connectivity index (χ1v) is 8.31. The minimum Gasteiger partial charge on any atom is -0.497 e. The number of rotatable bonds is 6. The minimum atomic E-state index is -0.317. The van der Waals surface area contributed by atoms with Crippen molar-refractivity contribution in [1.29, 1.82) is 0 Å². The molecule has 4 nitrogen and oxygen atoms in total. The van der Waals surface area contributed by atoms with E-state index in [4.69, 9.17) is 10.5 Å². The van der Waals surface area contributed by atoms with Gasteiger partial charge in [-0.15, -0.1) is 0 Å². The van der Waals surface area contributed by atoms with Crippen molar-refractivity contribution in [3.8, 4) is 5.75 Å². The highest BCUT2D eigenvalue weighted by molar-refractivity contribution is 5.81. The van der Waals surface area contributed by atoms with Crippen LogP contribution in [-0.4, -0.2) is 37.0 Å². The number of amides is 1. The first-order chi connectivity index (χ1) is 10.6. The van der Waals surface area contributed by atoms with E-state index in [-0.39, 0.29) is 11.9 Å². The Morgan fingerprint density at radius 3 is 2.50 bits per heavy atom. The van der Waals surface area contributed by atoms with E-state index >= 15 is 0 Å². The second-order valence-electron chi connectivity index (χ2n) is 6.22. The monoisotopic (exact) mass is 304 g/mol. The average Bonchev–Trinajstić information content (AvgIpc) is 2.56. The van der Waals surface area contributed by atoms with Crippen molar-refractivity contribution >= 4 is 5.91 Å². The number of hydrogen-bond donors (Lipinski definition) is 1. The van der Waals surface area contributed by atoms with Gasteiger partial charge in [-0.25, -0.2) is 0 Å². The van der Waals surface area contributed by atoms with Gasteiger partial charge in [-0.05, 0) is 49.3 Å². The number of carbonyl (C=O) groups is 1. The van der Waals surface area contributed by atoms with Crippen LogP contribution in [0.15, 0.2) is 24.3 Å². The molecular weight excluding hydrogens is 276 g/mol. The Hall–Kier alpha value is -1.55. The van der Waals surface area contributed by atoms with E-state index in [0.717, 1.165) is 50.9 Å². The number of carbonyl (C=O) groups excluding carboxylic acids is 1. The molecule has 0 aliphatic carbocycles. The van der Waals surface area contributed by atoms with Crippen LogP contribution in [-0.2, 0) is 11.2 Å². The number of methoxy groups -OCH3 is 1. The van der Waals surface area contributed by atoms with Crippen molar-refractivity contribution in [2.24, 2.45) is 11.7 Å². The van der Waals surface area contributed by atoms with Crippen molar-refractivity contribution in [3.63, 3.8) is 0 Å². The molecule has 1 heterocycles. The molecule has 22 heavy (non-hydrogen) atoms. The summed E-state index contributed by atoms with van der Waals surface area (Å²) in [6, 6.07) is 7.97. The molecule has 0 bridgehead atoms. The smallest absolute Gasteiger partial charge is 0.239 e. The van der Waals surface area contributed by atoms with Gasteiger partial charge in [0.25, 0.3) is 0 Å². The number of piperidine rings is 1. The zero-order valence-electron chi connectivity index (χ0n) is 13.8. The van der Waals surface area contributed by atoms with Gasteiger partial charge < -0.3 is 15.4 Å². The quantitative estimate of drug-likeness (QED) is 0.879. The third kappa shape index (κ3) is 4.47. The molecule has 1 aromatic carbocycles. The Balaban J connectivity index is 1.80. The van der Waals surface area contributed by atoms with Gasteiger partial charge in [-0.1, -0.05) is 25.5 Å². The van der Waals surface area contributed by atoms with Crippen molar-refractivity contribution in [1.82, 2.24) is 4.90 Å². The zero-order chi connectivity index (χ0) is 15.9. The average molecular weight is 304 g/mol. The predicted molar refractivity (Wildman–Crippen MR) is 88.9 cm³/mol. The van der Waals surface area contributed by atoms with Crippen LogP contribution in [0.1, 0.15) is 38.2 Å². The summed E-state index contributed by atoms with van der Waals surface area (Å²) in [7, 11) is 1.69. The van der Waals surface area contributed by atoms with Crippen molar-refractivity contribution < 1.29 is 9.53 Å². The van der Waals surface area contributed by atoms with Gasteiger partial charge in [0.2, 0.25) is 5.91 Å². The molecule has 1 saturated heterocycles. The van der Waals surface area contributed by atoms with Crippen LogP contribution < -0.4 is 10.5 Å². The number of likely N-dealkylation sites (tertiary alicyclic amines) is 1. The van der Waals surface area contributed by atoms with Crippen LogP contribution in [0, 0.1) is 5.92 Å². The Bertz CT molecular complexity index is 464. The molecule has 0 aromatic heterocycles. The summed E-state index contributed by atoms with van der Waals surface area (Å²) in [5, 5.41) is 0. The summed E-state index contributed by atoms with van der Waals surface area (Å²) >= 11 is 0. The fourth-order valence-electron chi connectivity index (χ4n) is 3.12. The Labute approximate surface area is 133 Å². The first-order valence-electron chi connectivity index (χ1n) is 8.31. The Kier molecular flexibility index (Phi) is 6.25. The summed E-state index contributed by atoms with van der Waals surface area (Å²) in [4.78, 5) is 14.2. The summed E-state index contributed by atoms with van der Waals surface area (Å²) in [5.74, 6) is 1.68. The summed E-state index contributed by atoms with van der Waals surface area (Å²) in [6.07, 6.45) is 4.95. The molecule has 1 unspecified atom stereocenters. The van der Waals surface area contributed by atoms with Crippen LogP contribution in [0.25, 0.3) is 0 Å². The molecule has 2 rings (SSSR count). The lowest BCUT2D eigenvalue weighted by atomic mass is 9.90. The highest BCUT2D eigenvalue weighted by Gasteiger charge is 2.25. The maximum absolute atomic E-state index is 12.2. The van der Waals surface area contributed by atoms with Crippen LogP contribution in [0.4, 0.5) is 0 Å². The molecule has 4 heteroatoms. The van der Waals surface area contributed by atoms with Gasteiger partial charge in [-0.2, -0.15) is 0 Å². The maximum Gasteiger partial charge on any atom is 0.239 e. The van der Waals surface area contributed by atoms with E-state index in [1.807, 2.05) is 17.0 Å². The maximum atomic E-state index is 12.2. The van der Waals surface area contributed by atoms with E-state index in [2.05, 4.69) is 19.1 Å². The molecule has 1 aliphatic rings. The fraction of sp³-hybridized carbons (Fsp3) is 0.611. The summed E-state index contributed by atoms with van der Waals surface area (Å²) in [5.41, 5.74) is 7.28. The standard InChI is InChI=1S/C18H28N2O2/c1-3-4-17(19)18(21)20-11-9-15(10-12-20)13-14-5-7-16(22-2)8-6-14/h5-8,15,17H,3-4,9-13,19H2,1-2H3. The van der Waals surface area contributed by atoms with Gasteiger partial charge in [0, 0.05) is 13.1 Å². The fourth-order valence-corrected chi connectivity index (χ4v) is 3.12. The molecule has 0 saturated carbocycles.